The van der Waals surface area contributed by atoms with E-state index in [9.17, 15) is 0 Å². The predicted molar refractivity (Wildman–Crippen MR) is 41.3 cm³/mol. The minimum atomic E-state index is 0.823. The van der Waals surface area contributed by atoms with Crippen LogP contribution in [0.25, 0.3) is 0 Å². The summed E-state index contributed by atoms with van der Waals surface area (Å²) in [5.41, 5.74) is 14.8. The molecule has 0 fully saturated rings. The van der Waals surface area contributed by atoms with E-state index in [2.05, 4.69) is 10.9 Å². The molecule has 0 amide bonds. The molecule has 0 spiro atoms. The number of fused-ring (bicyclic) bond motifs is 1. The number of rotatable bonds is 0. The molecule has 0 unspecified atom stereocenters. The van der Waals surface area contributed by atoms with Crippen LogP contribution >= 0.6 is 0 Å². The quantitative estimate of drug-likeness (QED) is 0.459. The standard InChI is InChI=1S/C7H9N3/c8-6-1-2-7-5(3-6)4-9-10-7/h1-3,9-10H,4,8H2. The van der Waals surface area contributed by atoms with Gasteiger partial charge >= 0.3 is 0 Å². The van der Waals surface area contributed by atoms with E-state index in [-0.39, 0.29) is 0 Å². The lowest BCUT2D eigenvalue weighted by Crippen LogP contribution is -2.10. The summed E-state index contributed by atoms with van der Waals surface area (Å²) in [6.07, 6.45) is 0. The summed E-state index contributed by atoms with van der Waals surface area (Å²) >= 11 is 0. The van der Waals surface area contributed by atoms with Crippen LogP contribution in [0.15, 0.2) is 18.2 Å². The Morgan fingerprint density at radius 2 is 2.30 bits per heavy atom. The van der Waals surface area contributed by atoms with Crippen molar-refractivity contribution >= 4 is 11.4 Å². The van der Waals surface area contributed by atoms with Gasteiger partial charge in [0.05, 0.1) is 5.69 Å². The maximum absolute atomic E-state index is 5.58. The maximum atomic E-state index is 5.58. The molecule has 1 aliphatic heterocycles. The Balaban J connectivity index is 2.52. The van der Waals surface area contributed by atoms with Gasteiger partial charge in [0.25, 0.3) is 0 Å². The second-order valence-corrected chi connectivity index (χ2v) is 2.40. The summed E-state index contributed by atoms with van der Waals surface area (Å²) in [5, 5.41) is 0. The van der Waals surface area contributed by atoms with E-state index in [1.165, 1.54) is 5.56 Å². The average molecular weight is 135 g/mol. The second-order valence-electron chi connectivity index (χ2n) is 2.40. The Morgan fingerprint density at radius 3 is 3.20 bits per heavy atom. The third-order valence-electron chi connectivity index (χ3n) is 1.63. The van der Waals surface area contributed by atoms with Gasteiger partial charge < -0.3 is 11.2 Å². The van der Waals surface area contributed by atoms with Crippen molar-refractivity contribution in [1.29, 1.82) is 0 Å². The van der Waals surface area contributed by atoms with E-state index in [1.54, 1.807) is 0 Å². The fraction of sp³-hybridized carbons (Fsp3) is 0.143. The molecule has 3 heteroatoms. The van der Waals surface area contributed by atoms with Gasteiger partial charge in [-0.1, -0.05) is 0 Å². The molecule has 3 nitrogen and oxygen atoms in total. The molecule has 0 aromatic heterocycles. The molecular formula is C7H9N3. The summed E-state index contributed by atoms with van der Waals surface area (Å²) in [6, 6.07) is 5.84. The van der Waals surface area contributed by atoms with Gasteiger partial charge in [0, 0.05) is 12.2 Å². The number of hydrazine groups is 1. The molecule has 0 atom stereocenters. The predicted octanol–water partition coefficient (Wildman–Crippen LogP) is 0.699. The topological polar surface area (TPSA) is 50.1 Å². The van der Waals surface area contributed by atoms with Gasteiger partial charge in [-0.2, -0.15) is 0 Å². The van der Waals surface area contributed by atoms with Crippen molar-refractivity contribution in [3.8, 4) is 0 Å². The molecule has 4 N–H and O–H groups in total. The van der Waals surface area contributed by atoms with Gasteiger partial charge in [-0.3, -0.25) is 0 Å². The van der Waals surface area contributed by atoms with E-state index in [0.29, 0.717) is 0 Å². The molecule has 0 saturated heterocycles. The Labute approximate surface area is 59.2 Å². The minimum Gasteiger partial charge on any atom is -0.399 e. The number of nitrogens with one attached hydrogen (secondary N) is 2. The Bertz CT molecular complexity index is 257. The van der Waals surface area contributed by atoms with E-state index in [1.807, 2.05) is 18.2 Å². The summed E-state index contributed by atoms with van der Waals surface area (Å²) < 4.78 is 0. The van der Waals surface area contributed by atoms with Crippen LogP contribution in [-0.2, 0) is 6.54 Å². The van der Waals surface area contributed by atoms with Crippen LogP contribution in [0.5, 0.6) is 0 Å². The summed E-state index contributed by atoms with van der Waals surface area (Å²) in [7, 11) is 0. The first-order chi connectivity index (χ1) is 4.86. The fourth-order valence-electron chi connectivity index (χ4n) is 1.12. The zero-order chi connectivity index (χ0) is 6.97. The van der Waals surface area contributed by atoms with Gasteiger partial charge in [-0.05, 0) is 23.8 Å². The van der Waals surface area contributed by atoms with Crippen LogP contribution in [0.1, 0.15) is 5.56 Å². The fourth-order valence-corrected chi connectivity index (χ4v) is 1.12. The largest absolute Gasteiger partial charge is 0.399 e. The Hall–Kier alpha value is -1.22. The number of nitrogen functional groups attached to an aromatic ring is 1. The molecule has 2 rings (SSSR count). The number of hydrogen-bond acceptors (Lipinski definition) is 3. The first-order valence-corrected chi connectivity index (χ1v) is 3.23. The van der Waals surface area contributed by atoms with Crippen molar-refractivity contribution < 1.29 is 0 Å². The molecule has 0 saturated carbocycles. The lowest BCUT2D eigenvalue weighted by atomic mass is 10.2. The van der Waals surface area contributed by atoms with Gasteiger partial charge in [-0.25, -0.2) is 5.43 Å². The third kappa shape index (κ3) is 0.717. The molecule has 0 radical (unpaired) electrons. The maximum Gasteiger partial charge on any atom is 0.0534 e. The van der Waals surface area contributed by atoms with Crippen molar-refractivity contribution in [2.24, 2.45) is 0 Å². The molecule has 1 heterocycles. The van der Waals surface area contributed by atoms with Crippen molar-refractivity contribution in [3.63, 3.8) is 0 Å². The first-order valence-electron chi connectivity index (χ1n) is 3.23. The van der Waals surface area contributed by atoms with Crippen molar-refractivity contribution in [1.82, 2.24) is 5.43 Å². The average Bonchev–Trinajstić information content (AvgIpc) is 2.33. The van der Waals surface area contributed by atoms with Gasteiger partial charge in [0.1, 0.15) is 0 Å². The lowest BCUT2D eigenvalue weighted by Gasteiger charge is -1.97. The number of anilines is 2. The summed E-state index contributed by atoms with van der Waals surface area (Å²) in [6.45, 7) is 0.861. The molecule has 0 bridgehead atoms. The molecule has 1 aromatic carbocycles. The van der Waals surface area contributed by atoms with E-state index in [0.717, 1.165) is 17.9 Å². The molecule has 1 aromatic rings. The van der Waals surface area contributed by atoms with Gasteiger partial charge in [0.2, 0.25) is 0 Å². The van der Waals surface area contributed by atoms with Gasteiger partial charge in [-0.15, -0.1) is 0 Å². The smallest absolute Gasteiger partial charge is 0.0534 e. The molecule has 1 aliphatic rings. The highest BCUT2D eigenvalue weighted by Gasteiger charge is 2.07. The second kappa shape index (κ2) is 1.88. The highest BCUT2D eigenvalue weighted by atomic mass is 15.4. The third-order valence-corrected chi connectivity index (χ3v) is 1.63. The first kappa shape index (κ1) is 5.56. The van der Waals surface area contributed by atoms with Crippen LogP contribution < -0.4 is 16.6 Å². The van der Waals surface area contributed by atoms with Crippen molar-refractivity contribution in [2.45, 2.75) is 6.54 Å². The van der Waals surface area contributed by atoms with Crippen LogP contribution in [-0.4, -0.2) is 0 Å². The number of benzene rings is 1. The monoisotopic (exact) mass is 135 g/mol. The van der Waals surface area contributed by atoms with E-state index in [4.69, 9.17) is 5.73 Å². The van der Waals surface area contributed by atoms with Crippen LogP contribution in [0.4, 0.5) is 11.4 Å². The van der Waals surface area contributed by atoms with Crippen molar-refractivity contribution in [3.05, 3.63) is 23.8 Å². The summed E-state index contributed by atoms with van der Waals surface area (Å²) in [4.78, 5) is 0. The highest BCUT2D eigenvalue weighted by Crippen LogP contribution is 2.21. The SMILES string of the molecule is Nc1ccc2c(c1)CNN2. The Kier molecular flexibility index (Phi) is 1.05. The van der Waals surface area contributed by atoms with E-state index >= 15 is 0 Å². The van der Waals surface area contributed by atoms with Crippen LogP contribution in [0, 0.1) is 0 Å². The number of nitrogens with two attached hydrogens (primary N) is 1. The molecule has 10 heavy (non-hydrogen) atoms. The normalized spacial score (nSPS) is 14.4. The zero-order valence-electron chi connectivity index (χ0n) is 5.52. The molecule has 0 aliphatic carbocycles. The highest BCUT2D eigenvalue weighted by molar-refractivity contribution is 5.59. The van der Waals surface area contributed by atoms with Crippen LogP contribution in [0.2, 0.25) is 0 Å². The van der Waals surface area contributed by atoms with Crippen molar-refractivity contribution in [2.75, 3.05) is 11.2 Å². The summed E-state index contributed by atoms with van der Waals surface area (Å²) in [5.74, 6) is 0. The Morgan fingerprint density at radius 1 is 1.40 bits per heavy atom. The van der Waals surface area contributed by atoms with E-state index < -0.39 is 0 Å². The lowest BCUT2D eigenvalue weighted by molar-refractivity contribution is 0.860. The molecule has 52 valence electrons. The minimum absolute atomic E-state index is 0.823. The van der Waals surface area contributed by atoms with Crippen LogP contribution in [0.3, 0.4) is 0 Å². The van der Waals surface area contributed by atoms with Gasteiger partial charge in [0.15, 0.2) is 0 Å². The number of hydrogen-bond donors (Lipinski definition) is 3. The molecular weight excluding hydrogens is 126 g/mol. The zero-order valence-corrected chi connectivity index (χ0v) is 5.52.